The highest BCUT2D eigenvalue weighted by Crippen LogP contribution is 2.29. The molecule has 1 unspecified atom stereocenters. The third-order valence-corrected chi connectivity index (χ3v) is 4.29. The van der Waals surface area contributed by atoms with Crippen molar-refractivity contribution in [1.82, 2.24) is 15.1 Å². The van der Waals surface area contributed by atoms with E-state index in [1.165, 1.54) is 10.4 Å². The second-order valence-electron chi connectivity index (χ2n) is 4.80. The van der Waals surface area contributed by atoms with E-state index >= 15 is 0 Å². The predicted molar refractivity (Wildman–Crippen MR) is 83.5 cm³/mol. The van der Waals surface area contributed by atoms with Gasteiger partial charge in [-0.05, 0) is 37.9 Å². The standard InChI is InChI=1S/C15H23N3OS/c1-4-6-16-14(15-8-13(19-3)11-20-15)7-12-9-17-18(5-2)10-12/h8-11,14,16H,4-7H2,1-3H3. The van der Waals surface area contributed by atoms with Gasteiger partial charge in [0.05, 0.1) is 13.3 Å². The van der Waals surface area contributed by atoms with E-state index in [4.69, 9.17) is 4.74 Å². The van der Waals surface area contributed by atoms with E-state index in [2.05, 4.69) is 41.9 Å². The molecule has 1 atom stereocenters. The molecule has 0 aliphatic carbocycles. The molecule has 20 heavy (non-hydrogen) atoms. The summed E-state index contributed by atoms with van der Waals surface area (Å²) in [7, 11) is 1.71. The summed E-state index contributed by atoms with van der Waals surface area (Å²) in [4.78, 5) is 1.32. The van der Waals surface area contributed by atoms with Gasteiger partial charge in [-0.25, -0.2) is 0 Å². The SMILES string of the molecule is CCCNC(Cc1cnn(CC)c1)c1cc(OC)cs1. The van der Waals surface area contributed by atoms with Crippen molar-refractivity contribution in [3.05, 3.63) is 34.3 Å². The maximum Gasteiger partial charge on any atom is 0.129 e. The summed E-state index contributed by atoms with van der Waals surface area (Å²) < 4.78 is 7.26. The number of ether oxygens (including phenoxy) is 1. The van der Waals surface area contributed by atoms with Crippen molar-refractivity contribution >= 4 is 11.3 Å². The molecular weight excluding hydrogens is 270 g/mol. The fraction of sp³-hybridized carbons (Fsp3) is 0.533. The lowest BCUT2D eigenvalue weighted by atomic mass is 10.1. The highest BCUT2D eigenvalue weighted by molar-refractivity contribution is 7.10. The van der Waals surface area contributed by atoms with Crippen LogP contribution in [0.1, 0.15) is 36.8 Å². The molecule has 0 saturated heterocycles. The van der Waals surface area contributed by atoms with Gasteiger partial charge in [-0.1, -0.05) is 6.92 Å². The van der Waals surface area contributed by atoms with Crippen LogP contribution in [0.2, 0.25) is 0 Å². The van der Waals surface area contributed by atoms with E-state index in [1.54, 1.807) is 18.4 Å². The number of thiophene rings is 1. The van der Waals surface area contributed by atoms with Gasteiger partial charge >= 0.3 is 0 Å². The third-order valence-electron chi connectivity index (χ3n) is 3.27. The molecule has 0 aliphatic heterocycles. The van der Waals surface area contributed by atoms with Crippen molar-refractivity contribution < 1.29 is 4.74 Å². The molecule has 5 heteroatoms. The van der Waals surface area contributed by atoms with Crippen LogP contribution >= 0.6 is 11.3 Å². The first kappa shape index (κ1) is 15.1. The van der Waals surface area contributed by atoms with Gasteiger partial charge in [0.15, 0.2) is 0 Å². The van der Waals surface area contributed by atoms with Gasteiger partial charge < -0.3 is 10.1 Å². The summed E-state index contributed by atoms with van der Waals surface area (Å²) >= 11 is 1.75. The number of nitrogens with zero attached hydrogens (tertiary/aromatic N) is 2. The number of hydrogen-bond donors (Lipinski definition) is 1. The number of aromatic nitrogens is 2. The van der Waals surface area contributed by atoms with E-state index < -0.39 is 0 Å². The molecule has 0 spiro atoms. The average molecular weight is 293 g/mol. The Morgan fingerprint density at radius 3 is 2.90 bits per heavy atom. The lowest BCUT2D eigenvalue weighted by Crippen LogP contribution is -2.23. The Balaban J connectivity index is 2.09. The van der Waals surface area contributed by atoms with Crippen molar-refractivity contribution in [2.24, 2.45) is 0 Å². The molecule has 0 aliphatic rings. The molecule has 1 N–H and O–H groups in total. The largest absolute Gasteiger partial charge is 0.496 e. The van der Waals surface area contributed by atoms with E-state index in [-0.39, 0.29) is 0 Å². The van der Waals surface area contributed by atoms with Crippen LogP contribution in [0.3, 0.4) is 0 Å². The second kappa shape index (κ2) is 7.45. The fourth-order valence-corrected chi connectivity index (χ4v) is 3.07. The fourth-order valence-electron chi connectivity index (χ4n) is 2.14. The molecule has 2 aromatic heterocycles. The molecule has 2 heterocycles. The maximum absolute atomic E-state index is 5.29. The van der Waals surface area contributed by atoms with Crippen molar-refractivity contribution in [2.45, 2.75) is 39.3 Å². The first-order chi connectivity index (χ1) is 9.76. The summed E-state index contributed by atoms with van der Waals surface area (Å²) in [5, 5.41) is 10.0. The molecule has 2 rings (SSSR count). The minimum atomic E-state index is 0.332. The number of nitrogens with one attached hydrogen (secondary N) is 1. The summed E-state index contributed by atoms with van der Waals surface area (Å²) in [5.74, 6) is 0.942. The monoisotopic (exact) mass is 293 g/mol. The molecule has 0 radical (unpaired) electrons. The van der Waals surface area contributed by atoms with Gasteiger partial charge in [-0.2, -0.15) is 5.10 Å². The van der Waals surface area contributed by atoms with Gasteiger partial charge in [0, 0.05) is 29.0 Å². The zero-order chi connectivity index (χ0) is 14.4. The van der Waals surface area contributed by atoms with Gasteiger partial charge in [-0.3, -0.25) is 4.68 Å². The van der Waals surface area contributed by atoms with Crippen LogP contribution in [0.4, 0.5) is 0 Å². The van der Waals surface area contributed by atoms with Gasteiger partial charge in [-0.15, -0.1) is 11.3 Å². The summed E-state index contributed by atoms with van der Waals surface area (Å²) in [6.45, 7) is 6.23. The van der Waals surface area contributed by atoms with Gasteiger partial charge in [0.1, 0.15) is 5.75 Å². The Bertz CT molecular complexity index is 521. The predicted octanol–water partition coefficient (Wildman–Crippen LogP) is 3.26. The summed E-state index contributed by atoms with van der Waals surface area (Å²) in [6, 6.07) is 2.46. The number of methoxy groups -OCH3 is 1. The maximum atomic E-state index is 5.29. The highest BCUT2D eigenvalue weighted by Gasteiger charge is 2.15. The van der Waals surface area contributed by atoms with E-state index in [0.29, 0.717) is 6.04 Å². The van der Waals surface area contributed by atoms with E-state index in [0.717, 1.165) is 31.7 Å². The van der Waals surface area contributed by atoms with Crippen LogP contribution < -0.4 is 10.1 Å². The van der Waals surface area contributed by atoms with Crippen LogP contribution in [-0.4, -0.2) is 23.4 Å². The van der Waals surface area contributed by atoms with Crippen molar-refractivity contribution in [2.75, 3.05) is 13.7 Å². The molecule has 110 valence electrons. The van der Waals surface area contributed by atoms with Crippen LogP contribution in [0.5, 0.6) is 5.75 Å². The lowest BCUT2D eigenvalue weighted by Gasteiger charge is -2.16. The smallest absolute Gasteiger partial charge is 0.129 e. The number of hydrogen-bond acceptors (Lipinski definition) is 4. The first-order valence-corrected chi connectivity index (χ1v) is 8.01. The minimum Gasteiger partial charge on any atom is -0.496 e. The highest BCUT2D eigenvalue weighted by atomic mass is 32.1. The zero-order valence-corrected chi connectivity index (χ0v) is 13.2. The Kier molecular flexibility index (Phi) is 5.61. The Morgan fingerprint density at radius 2 is 2.30 bits per heavy atom. The minimum absolute atomic E-state index is 0.332. The Hall–Kier alpha value is -1.33. The molecule has 0 aromatic carbocycles. The molecule has 0 fully saturated rings. The normalized spacial score (nSPS) is 12.6. The van der Waals surface area contributed by atoms with Crippen LogP contribution in [0.25, 0.3) is 0 Å². The second-order valence-corrected chi connectivity index (χ2v) is 5.75. The van der Waals surface area contributed by atoms with Crippen molar-refractivity contribution in [3.8, 4) is 5.75 Å². The van der Waals surface area contributed by atoms with Crippen molar-refractivity contribution in [1.29, 1.82) is 0 Å². The van der Waals surface area contributed by atoms with E-state index in [1.807, 2.05) is 10.9 Å². The van der Waals surface area contributed by atoms with Gasteiger partial charge in [0.25, 0.3) is 0 Å². The van der Waals surface area contributed by atoms with Crippen LogP contribution in [0.15, 0.2) is 23.8 Å². The van der Waals surface area contributed by atoms with Crippen LogP contribution in [0, 0.1) is 0 Å². The third kappa shape index (κ3) is 3.84. The van der Waals surface area contributed by atoms with E-state index in [9.17, 15) is 0 Å². The number of aryl methyl sites for hydroxylation is 1. The van der Waals surface area contributed by atoms with Gasteiger partial charge in [0.2, 0.25) is 0 Å². The number of rotatable bonds is 8. The molecule has 0 bridgehead atoms. The Morgan fingerprint density at radius 1 is 1.45 bits per heavy atom. The zero-order valence-electron chi connectivity index (χ0n) is 12.4. The first-order valence-electron chi connectivity index (χ1n) is 7.14. The molecule has 0 amide bonds. The summed E-state index contributed by atoms with van der Waals surface area (Å²) in [6.07, 6.45) is 6.19. The molecule has 0 saturated carbocycles. The summed E-state index contributed by atoms with van der Waals surface area (Å²) in [5.41, 5.74) is 1.27. The molecule has 4 nitrogen and oxygen atoms in total. The molecule has 2 aromatic rings. The Labute approximate surface area is 124 Å². The lowest BCUT2D eigenvalue weighted by molar-refractivity contribution is 0.415. The van der Waals surface area contributed by atoms with Crippen LogP contribution in [-0.2, 0) is 13.0 Å². The quantitative estimate of drug-likeness (QED) is 0.812. The average Bonchev–Trinajstić information content (AvgIpc) is 3.12. The van der Waals surface area contributed by atoms with Crippen molar-refractivity contribution in [3.63, 3.8) is 0 Å². The topological polar surface area (TPSA) is 39.1 Å². The molecular formula is C15H23N3OS.